The molecule has 72 valence electrons. The molecule has 1 N–H and O–H groups in total. The van der Waals surface area contributed by atoms with E-state index in [4.69, 9.17) is 0 Å². The molecule has 0 atom stereocenters. The lowest BCUT2D eigenvalue weighted by molar-refractivity contribution is -0.385. The average molecular weight is 194 g/mol. The Bertz CT molecular complexity index is 459. The van der Waals surface area contributed by atoms with Crippen molar-refractivity contribution >= 4 is 5.69 Å². The van der Waals surface area contributed by atoms with Crippen molar-refractivity contribution in [3.05, 3.63) is 28.5 Å². The van der Waals surface area contributed by atoms with E-state index in [2.05, 4.69) is 20.3 Å². The van der Waals surface area contributed by atoms with E-state index in [1.807, 2.05) is 0 Å². The van der Waals surface area contributed by atoms with Crippen molar-refractivity contribution in [2.45, 2.75) is 6.92 Å². The Labute approximate surface area is 77.7 Å². The predicted octanol–water partition coefficient (Wildman–Crippen LogP) is 0.207. The monoisotopic (exact) mass is 194 g/mol. The molecule has 14 heavy (non-hydrogen) atoms. The number of hydrogen-bond donors (Lipinski definition) is 1. The Balaban J connectivity index is 2.60. The van der Waals surface area contributed by atoms with E-state index in [1.54, 1.807) is 6.92 Å². The second-order valence-corrected chi connectivity index (χ2v) is 2.62. The van der Waals surface area contributed by atoms with Crippen LogP contribution in [0.5, 0.6) is 0 Å². The Hall–Kier alpha value is -2.25. The predicted molar refractivity (Wildman–Crippen MR) is 44.9 cm³/mol. The highest BCUT2D eigenvalue weighted by Crippen LogP contribution is 2.22. The van der Waals surface area contributed by atoms with Crippen molar-refractivity contribution in [3.63, 3.8) is 0 Å². The van der Waals surface area contributed by atoms with E-state index in [0.717, 1.165) is 0 Å². The summed E-state index contributed by atoms with van der Waals surface area (Å²) in [5.74, 6) is 0.144. The molecule has 2 aromatic rings. The second kappa shape index (κ2) is 2.91. The standard InChI is InChI=1S/C6H6N6O2/c1-4-5(12(13)14)6(10-9-4)11-3-7-2-8-11/h2-3H,1H3,(H,9,10). The van der Waals surface area contributed by atoms with Gasteiger partial charge in [-0.2, -0.15) is 9.78 Å². The van der Waals surface area contributed by atoms with Crippen LogP contribution in [0.25, 0.3) is 5.82 Å². The third-order valence-electron chi connectivity index (χ3n) is 1.71. The first-order valence-electron chi connectivity index (χ1n) is 3.74. The van der Waals surface area contributed by atoms with Gasteiger partial charge in [0.25, 0.3) is 5.82 Å². The molecule has 0 unspecified atom stereocenters. The van der Waals surface area contributed by atoms with Crippen molar-refractivity contribution in [2.75, 3.05) is 0 Å². The van der Waals surface area contributed by atoms with E-state index in [-0.39, 0.29) is 11.5 Å². The van der Waals surface area contributed by atoms with E-state index in [1.165, 1.54) is 17.3 Å². The molecular formula is C6H6N6O2. The normalized spacial score (nSPS) is 10.4. The fourth-order valence-electron chi connectivity index (χ4n) is 1.11. The summed E-state index contributed by atoms with van der Waals surface area (Å²) in [6, 6.07) is 0. The van der Waals surface area contributed by atoms with Crippen LogP contribution < -0.4 is 0 Å². The van der Waals surface area contributed by atoms with E-state index in [0.29, 0.717) is 5.69 Å². The van der Waals surface area contributed by atoms with Gasteiger partial charge in [0, 0.05) is 0 Å². The first kappa shape index (κ1) is 8.35. The summed E-state index contributed by atoms with van der Waals surface area (Å²) in [6.07, 6.45) is 2.64. The molecule has 0 spiro atoms. The Morgan fingerprint density at radius 3 is 3.00 bits per heavy atom. The van der Waals surface area contributed by atoms with Crippen LogP contribution in [0.4, 0.5) is 5.69 Å². The first-order chi connectivity index (χ1) is 6.70. The number of H-pyrrole nitrogens is 1. The zero-order chi connectivity index (χ0) is 10.1. The van der Waals surface area contributed by atoms with Crippen LogP contribution in [0.1, 0.15) is 5.69 Å². The number of aromatic amines is 1. The fourth-order valence-corrected chi connectivity index (χ4v) is 1.11. The minimum Gasteiger partial charge on any atom is -0.273 e. The molecule has 0 aliphatic rings. The summed E-state index contributed by atoms with van der Waals surface area (Å²) in [4.78, 5) is 13.9. The van der Waals surface area contributed by atoms with Gasteiger partial charge < -0.3 is 0 Å². The van der Waals surface area contributed by atoms with Gasteiger partial charge in [0.05, 0.1) is 4.92 Å². The van der Waals surface area contributed by atoms with Crippen LogP contribution in [0.15, 0.2) is 12.7 Å². The maximum absolute atomic E-state index is 10.7. The van der Waals surface area contributed by atoms with Gasteiger partial charge in [-0.1, -0.05) is 0 Å². The van der Waals surface area contributed by atoms with Crippen LogP contribution in [0.3, 0.4) is 0 Å². The number of nitro groups is 1. The van der Waals surface area contributed by atoms with Gasteiger partial charge in [-0.3, -0.25) is 15.2 Å². The van der Waals surface area contributed by atoms with Gasteiger partial charge in [0.2, 0.25) is 0 Å². The van der Waals surface area contributed by atoms with Gasteiger partial charge in [0.15, 0.2) is 0 Å². The van der Waals surface area contributed by atoms with E-state index < -0.39 is 4.92 Å². The number of aromatic nitrogens is 5. The smallest absolute Gasteiger partial charge is 0.273 e. The van der Waals surface area contributed by atoms with Crippen LogP contribution in [-0.2, 0) is 0 Å². The number of hydrogen-bond acceptors (Lipinski definition) is 5. The molecule has 0 saturated heterocycles. The summed E-state index contributed by atoms with van der Waals surface area (Å²) < 4.78 is 1.24. The molecule has 2 rings (SSSR count). The van der Waals surface area contributed by atoms with Crippen molar-refractivity contribution in [2.24, 2.45) is 0 Å². The van der Waals surface area contributed by atoms with E-state index >= 15 is 0 Å². The Kier molecular flexibility index (Phi) is 1.73. The van der Waals surface area contributed by atoms with Gasteiger partial charge >= 0.3 is 5.69 Å². The molecule has 0 amide bonds. The molecular weight excluding hydrogens is 188 g/mol. The lowest BCUT2D eigenvalue weighted by Gasteiger charge is -1.93. The van der Waals surface area contributed by atoms with Gasteiger partial charge in [-0.15, -0.1) is 5.10 Å². The molecule has 0 fully saturated rings. The lowest BCUT2D eigenvalue weighted by atomic mass is 10.4. The van der Waals surface area contributed by atoms with Crippen LogP contribution >= 0.6 is 0 Å². The average Bonchev–Trinajstić information content (AvgIpc) is 2.70. The zero-order valence-corrected chi connectivity index (χ0v) is 7.21. The fraction of sp³-hybridized carbons (Fsp3) is 0.167. The molecule has 0 radical (unpaired) electrons. The number of nitrogens with one attached hydrogen (secondary N) is 1. The van der Waals surface area contributed by atoms with Crippen molar-refractivity contribution in [3.8, 4) is 5.82 Å². The largest absolute Gasteiger partial charge is 0.335 e. The summed E-state index contributed by atoms with van der Waals surface area (Å²) >= 11 is 0. The number of rotatable bonds is 2. The summed E-state index contributed by atoms with van der Waals surface area (Å²) in [7, 11) is 0. The van der Waals surface area contributed by atoms with Crippen molar-refractivity contribution < 1.29 is 4.92 Å². The van der Waals surface area contributed by atoms with Crippen molar-refractivity contribution in [1.29, 1.82) is 0 Å². The first-order valence-corrected chi connectivity index (χ1v) is 3.74. The maximum atomic E-state index is 10.7. The number of nitrogens with zero attached hydrogens (tertiary/aromatic N) is 5. The van der Waals surface area contributed by atoms with Gasteiger partial charge in [-0.05, 0) is 6.92 Å². The molecule has 0 aliphatic carbocycles. The molecule has 0 bridgehead atoms. The minimum atomic E-state index is -0.504. The minimum absolute atomic E-state index is 0.0875. The SMILES string of the molecule is Cc1[nH]nc(-n2cncn2)c1[N+](=O)[O-]. The Morgan fingerprint density at radius 2 is 2.43 bits per heavy atom. The van der Waals surface area contributed by atoms with Crippen LogP contribution in [-0.4, -0.2) is 29.9 Å². The second-order valence-electron chi connectivity index (χ2n) is 2.62. The molecule has 0 aromatic carbocycles. The van der Waals surface area contributed by atoms with Gasteiger partial charge in [0.1, 0.15) is 18.3 Å². The molecule has 0 saturated carbocycles. The van der Waals surface area contributed by atoms with Crippen molar-refractivity contribution in [1.82, 2.24) is 25.0 Å². The molecule has 8 nitrogen and oxygen atoms in total. The zero-order valence-electron chi connectivity index (χ0n) is 7.21. The third-order valence-corrected chi connectivity index (χ3v) is 1.71. The van der Waals surface area contributed by atoms with Crippen LogP contribution in [0, 0.1) is 17.0 Å². The highest BCUT2D eigenvalue weighted by atomic mass is 16.6. The number of aryl methyl sites for hydroxylation is 1. The highest BCUT2D eigenvalue weighted by Gasteiger charge is 2.23. The summed E-state index contributed by atoms with van der Waals surface area (Å²) in [5.41, 5.74) is 0.302. The molecule has 2 aromatic heterocycles. The molecule has 8 heteroatoms. The van der Waals surface area contributed by atoms with Crippen LogP contribution in [0.2, 0.25) is 0 Å². The topological polar surface area (TPSA) is 103 Å². The van der Waals surface area contributed by atoms with E-state index in [9.17, 15) is 10.1 Å². The maximum Gasteiger partial charge on any atom is 0.335 e. The highest BCUT2D eigenvalue weighted by molar-refractivity contribution is 5.49. The quantitative estimate of drug-likeness (QED) is 0.543. The van der Waals surface area contributed by atoms with Gasteiger partial charge in [-0.25, -0.2) is 4.98 Å². The third kappa shape index (κ3) is 1.13. The Morgan fingerprint density at radius 1 is 1.64 bits per heavy atom. The molecule has 0 aliphatic heterocycles. The molecule has 2 heterocycles. The lowest BCUT2D eigenvalue weighted by Crippen LogP contribution is -1.99. The summed E-state index contributed by atoms with van der Waals surface area (Å²) in [5, 5.41) is 20.7. The summed E-state index contributed by atoms with van der Waals surface area (Å²) in [6.45, 7) is 1.57.